The lowest BCUT2D eigenvalue weighted by molar-refractivity contribution is 0.0850. The fraction of sp³-hybridized carbons (Fsp3) is 0.455. The number of rotatable bonds is 6. The number of para-hydroxylation sites is 2. The Labute approximate surface area is 92.7 Å². The average Bonchev–Trinajstić information content (AvgIpc) is 3.17. The molecule has 86 valence electrons. The Bertz CT molecular complexity index is 324. The van der Waals surface area contributed by atoms with E-state index in [2.05, 4.69) is 9.78 Å². The van der Waals surface area contributed by atoms with Gasteiger partial charge in [-0.05, 0) is 12.1 Å². The molecule has 0 amide bonds. The summed E-state index contributed by atoms with van der Waals surface area (Å²) in [5.74, 6) is 1.42. The van der Waals surface area contributed by atoms with Crippen molar-refractivity contribution >= 4 is 0 Å². The molecule has 0 aliphatic carbocycles. The summed E-state index contributed by atoms with van der Waals surface area (Å²) >= 11 is 0. The van der Waals surface area contributed by atoms with Gasteiger partial charge in [0.15, 0.2) is 11.5 Å². The molecule has 2 aliphatic heterocycles. The van der Waals surface area contributed by atoms with Gasteiger partial charge in [0, 0.05) is 0 Å². The van der Waals surface area contributed by atoms with E-state index in [0.717, 1.165) is 12.4 Å². The second-order valence-corrected chi connectivity index (χ2v) is 3.65. The fourth-order valence-corrected chi connectivity index (χ4v) is 1.29. The minimum absolute atomic E-state index is 0.236. The predicted molar refractivity (Wildman–Crippen MR) is 53.1 cm³/mol. The van der Waals surface area contributed by atoms with Crippen LogP contribution in [-0.2, 0) is 14.5 Å². The Hall–Kier alpha value is -1.30. The predicted octanol–water partition coefficient (Wildman–Crippen LogP) is 1.13. The highest BCUT2D eigenvalue weighted by Crippen LogP contribution is 2.28. The van der Waals surface area contributed by atoms with Crippen molar-refractivity contribution in [3.63, 3.8) is 0 Å². The summed E-state index contributed by atoms with van der Waals surface area (Å²) in [7, 11) is 0. The molecule has 2 fully saturated rings. The third-order valence-corrected chi connectivity index (χ3v) is 2.28. The summed E-state index contributed by atoms with van der Waals surface area (Å²) in [6.45, 7) is 1.73. The maximum Gasteiger partial charge on any atom is 0.258 e. The quantitative estimate of drug-likeness (QED) is 0.535. The Morgan fingerprint density at radius 2 is 1.69 bits per heavy atom. The van der Waals surface area contributed by atoms with E-state index in [1.165, 1.54) is 0 Å². The Morgan fingerprint density at radius 3 is 2.25 bits per heavy atom. The van der Waals surface area contributed by atoms with Crippen molar-refractivity contribution < 1.29 is 24.0 Å². The van der Waals surface area contributed by atoms with E-state index in [1.807, 2.05) is 24.3 Å². The molecular formula is C11H12O5. The van der Waals surface area contributed by atoms with Gasteiger partial charge in [-0.2, -0.15) is 9.78 Å². The summed E-state index contributed by atoms with van der Waals surface area (Å²) in [5.41, 5.74) is 0. The first-order valence-corrected chi connectivity index (χ1v) is 5.20. The van der Waals surface area contributed by atoms with Crippen LogP contribution in [0.3, 0.4) is 0 Å². The molecule has 5 nitrogen and oxygen atoms in total. The molecule has 1 aromatic carbocycles. The summed E-state index contributed by atoms with van der Waals surface area (Å²) < 4.78 is 16.2. The lowest BCUT2D eigenvalue weighted by Gasteiger charge is -2.10. The monoisotopic (exact) mass is 224 g/mol. The van der Waals surface area contributed by atoms with Crippen molar-refractivity contribution in [3.8, 4) is 11.5 Å². The van der Waals surface area contributed by atoms with Crippen LogP contribution in [0.4, 0.5) is 0 Å². The molecule has 1 unspecified atom stereocenters. The molecule has 0 spiro atoms. The van der Waals surface area contributed by atoms with Crippen molar-refractivity contribution in [2.45, 2.75) is 12.4 Å². The van der Waals surface area contributed by atoms with Gasteiger partial charge in [-0.15, -0.1) is 0 Å². The van der Waals surface area contributed by atoms with Crippen LogP contribution in [0.25, 0.3) is 0 Å². The third kappa shape index (κ3) is 2.63. The molecule has 0 radical (unpaired) electrons. The SMILES string of the molecule is c1ccc(OCC2OO2)c(OCC2CO2)c1. The van der Waals surface area contributed by atoms with Crippen molar-refractivity contribution in [2.75, 3.05) is 19.8 Å². The van der Waals surface area contributed by atoms with Crippen LogP contribution in [0.1, 0.15) is 0 Å². The first-order chi connectivity index (χ1) is 7.92. The van der Waals surface area contributed by atoms with Gasteiger partial charge in [0.1, 0.15) is 19.3 Å². The normalized spacial score (nSPS) is 22.9. The van der Waals surface area contributed by atoms with Gasteiger partial charge in [0.25, 0.3) is 6.29 Å². The summed E-state index contributed by atoms with van der Waals surface area (Å²) in [6.07, 6.45) is 0.00276. The molecule has 0 aromatic heterocycles. The van der Waals surface area contributed by atoms with E-state index in [1.54, 1.807) is 0 Å². The van der Waals surface area contributed by atoms with Crippen LogP contribution < -0.4 is 9.47 Å². The number of benzene rings is 1. The maximum atomic E-state index is 5.58. The molecule has 0 N–H and O–H groups in total. The van der Waals surface area contributed by atoms with Crippen LogP contribution in [0.5, 0.6) is 11.5 Å². The zero-order valence-corrected chi connectivity index (χ0v) is 8.63. The highest BCUT2D eigenvalue weighted by atomic mass is 17.4. The minimum atomic E-state index is -0.236. The van der Waals surface area contributed by atoms with Crippen LogP contribution in [0.2, 0.25) is 0 Å². The number of ether oxygens (including phenoxy) is 3. The molecule has 2 heterocycles. The topological polar surface area (TPSA) is 56.0 Å². The van der Waals surface area contributed by atoms with Crippen molar-refractivity contribution in [1.29, 1.82) is 0 Å². The molecule has 3 rings (SSSR count). The summed E-state index contributed by atoms with van der Waals surface area (Å²) in [6, 6.07) is 7.52. The summed E-state index contributed by atoms with van der Waals surface area (Å²) in [5, 5.41) is 0. The fourth-order valence-electron chi connectivity index (χ4n) is 1.29. The van der Waals surface area contributed by atoms with Gasteiger partial charge in [0.05, 0.1) is 6.61 Å². The largest absolute Gasteiger partial charge is 0.487 e. The van der Waals surface area contributed by atoms with Gasteiger partial charge in [-0.3, -0.25) is 0 Å². The zero-order valence-electron chi connectivity index (χ0n) is 8.63. The van der Waals surface area contributed by atoms with Gasteiger partial charge < -0.3 is 14.2 Å². The molecule has 1 atom stereocenters. The Morgan fingerprint density at radius 1 is 1.06 bits per heavy atom. The van der Waals surface area contributed by atoms with E-state index < -0.39 is 0 Å². The van der Waals surface area contributed by atoms with Gasteiger partial charge in [-0.1, -0.05) is 12.1 Å². The molecule has 1 aromatic rings. The summed E-state index contributed by atoms with van der Waals surface area (Å²) in [4.78, 5) is 9.18. The Balaban J connectivity index is 1.58. The van der Waals surface area contributed by atoms with Crippen LogP contribution in [0, 0.1) is 0 Å². The van der Waals surface area contributed by atoms with E-state index in [9.17, 15) is 0 Å². The van der Waals surface area contributed by atoms with Gasteiger partial charge in [-0.25, -0.2) is 0 Å². The molecule has 16 heavy (non-hydrogen) atoms. The van der Waals surface area contributed by atoms with Crippen molar-refractivity contribution in [1.82, 2.24) is 0 Å². The van der Waals surface area contributed by atoms with Crippen molar-refractivity contribution in [3.05, 3.63) is 24.3 Å². The second-order valence-electron chi connectivity index (χ2n) is 3.65. The van der Waals surface area contributed by atoms with Gasteiger partial charge in [0.2, 0.25) is 0 Å². The smallest absolute Gasteiger partial charge is 0.258 e. The Kier molecular flexibility index (Phi) is 2.65. The molecular weight excluding hydrogens is 212 g/mol. The molecule has 2 aliphatic rings. The molecule has 0 bridgehead atoms. The second kappa shape index (κ2) is 4.29. The molecule has 2 saturated heterocycles. The lowest BCUT2D eigenvalue weighted by atomic mass is 10.3. The van der Waals surface area contributed by atoms with E-state index in [0.29, 0.717) is 19.0 Å². The number of hydrogen-bond donors (Lipinski definition) is 0. The van der Waals surface area contributed by atoms with Crippen molar-refractivity contribution in [2.24, 2.45) is 0 Å². The lowest BCUT2D eigenvalue weighted by Crippen LogP contribution is -2.08. The first-order valence-electron chi connectivity index (χ1n) is 5.20. The van der Waals surface area contributed by atoms with E-state index >= 15 is 0 Å². The van der Waals surface area contributed by atoms with E-state index in [4.69, 9.17) is 14.2 Å². The third-order valence-electron chi connectivity index (χ3n) is 2.28. The number of hydrogen-bond acceptors (Lipinski definition) is 5. The minimum Gasteiger partial charge on any atom is -0.487 e. The highest BCUT2D eigenvalue weighted by molar-refractivity contribution is 5.39. The van der Waals surface area contributed by atoms with Gasteiger partial charge >= 0.3 is 0 Å². The van der Waals surface area contributed by atoms with Crippen LogP contribution in [-0.4, -0.2) is 32.2 Å². The highest BCUT2D eigenvalue weighted by Gasteiger charge is 2.27. The van der Waals surface area contributed by atoms with E-state index in [-0.39, 0.29) is 12.4 Å². The standard InChI is InChI=1S/C11H12O5/c1-2-4-10(14-7-11-15-16-11)9(3-1)13-6-8-5-12-8/h1-4,8,11H,5-7H2. The first kappa shape index (κ1) is 9.89. The number of epoxide rings is 1. The molecule has 5 heteroatoms. The average molecular weight is 224 g/mol. The van der Waals surface area contributed by atoms with Crippen LogP contribution >= 0.6 is 0 Å². The zero-order chi connectivity index (χ0) is 10.8. The van der Waals surface area contributed by atoms with Crippen LogP contribution in [0.15, 0.2) is 24.3 Å². The molecule has 0 saturated carbocycles. The maximum absolute atomic E-state index is 5.58.